The summed E-state index contributed by atoms with van der Waals surface area (Å²) in [5.41, 5.74) is 0.560. The second-order valence-corrected chi connectivity index (χ2v) is 9.72. The third-order valence-electron chi connectivity index (χ3n) is 5.03. The number of carbonyl (C=O) groups excluding carboxylic acids is 1. The smallest absolute Gasteiger partial charge is 0.274 e. The van der Waals surface area contributed by atoms with Gasteiger partial charge >= 0.3 is 0 Å². The van der Waals surface area contributed by atoms with Gasteiger partial charge in [-0.3, -0.25) is 14.9 Å². The van der Waals surface area contributed by atoms with Gasteiger partial charge in [-0.15, -0.1) is 0 Å². The fraction of sp³-hybridized carbons (Fsp3) is 0.316. The SMILES string of the molecule is Cc1c(NC(=O)[C@@H]2CCCN(S(=O)(=O)c3cc(Cl)ccc3Cl)C2)cccc1[N+](=O)[O-]. The van der Waals surface area contributed by atoms with Gasteiger partial charge in [0.15, 0.2) is 0 Å². The molecule has 160 valence electrons. The van der Waals surface area contributed by atoms with E-state index >= 15 is 0 Å². The molecular formula is C19H19Cl2N3O5S. The van der Waals surface area contributed by atoms with E-state index in [9.17, 15) is 23.3 Å². The molecule has 0 bridgehead atoms. The standard InChI is InChI=1S/C19H19Cl2N3O5S/c1-12-16(5-2-6-17(12)24(26)27)22-19(25)13-4-3-9-23(11-13)30(28,29)18-10-14(20)7-8-15(18)21/h2,5-8,10,13H,3-4,9,11H2,1H3,(H,22,25)/t13-/m1/s1. The number of anilines is 1. The minimum absolute atomic E-state index is 0.0228. The van der Waals surface area contributed by atoms with E-state index in [1.165, 1.54) is 34.6 Å². The molecular weight excluding hydrogens is 453 g/mol. The summed E-state index contributed by atoms with van der Waals surface area (Å²) in [5, 5.41) is 14.1. The highest BCUT2D eigenvalue weighted by Gasteiger charge is 2.34. The van der Waals surface area contributed by atoms with Crippen molar-refractivity contribution in [2.45, 2.75) is 24.7 Å². The van der Waals surface area contributed by atoms with E-state index in [4.69, 9.17) is 23.2 Å². The number of rotatable bonds is 5. The molecule has 1 aliphatic heterocycles. The van der Waals surface area contributed by atoms with Crippen LogP contribution in [0.5, 0.6) is 0 Å². The molecule has 0 saturated carbocycles. The van der Waals surface area contributed by atoms with Crippen LogP contribution in [-0.2, 0) is 14.8 Å². The lowest BCUT2D eigenvalue weighted by molar-refractivity contribution is -0.385. The maximum absolute atomic E-state index is 13.0. The molecule has 1 atom stereocenters. The third-order valence-corrected chi connectivity index (χ3v) is 7.61. The highest BCUT2D eigenvalue weighted by Crippen LogP contribution is 2.31. The molecule has 0 aromatic heterocycles. The Morgan fingerprint density at radius 3 is 2.70 bits per heavy atom. The Bertz CT molecular complexity index is 1110. The lowest BCUT2D eigenvalue weighted by Crippen LogP contribution is -2.43. The van der Waals surface area contributed by atoms with Crippen molar-refractivity contribution in [2.24, 2.45) is 5.92 Å². The van der Waals surface area contributed by atoms with Crippen LogP contribution >= 0.6 is 23.2 Å². The molecule has 0 radical (unpaired) electrons. The molecule has 0 spiro atoms. The number of halogens is 2. The van der Waals surface area contributed by atoms with Crippen molar-refractivity contribution in [1.29, 1.82) is 0 Å². The number of nitrogens with one attached hydrogen (secondary N) is 1. The van der Waals surface area contributed by atoms with Crippen LogP contribution in [0.4, 0.5) is 11.4 Å². The first-order valence-electron chi connectivity index (χ1n) is 9.11. The van der Waals surface area contributed by atoms with Gasteiger partial charge in [0.2, 0.25) is 15.9 Å². The number of nitro benzene ring substituents is 1. The van der Waals surface area contributed by atoms with Crippen LogP contribution in [-0.4, -0.2) is 36.6 Å². The Morgan fingerprint density at radius 1 is 1.27 bits per heavy atom. The topological polar surface area (TPSA) is 110 Å². The zero-order valence-corrected chi connectivity index (χ0v) is 18.3. The predicted octanol–water partition coefficient (Wildman–Crippen LogP) is 4.25. The first kappa shape index (κ1) is 22.5. The van der Waals surface area contributed by atoms with Crippen molar-refractivity contribution in [3.8, 4) is 0 Å². The summed E-state index contributed by atoms with van der Waals surface area (Å²) in [4.78, 5) is 23.3. The van der Waals surface area contributed by atoms with Gasteiger partial charge in [-0.1, -0.05) is 29.3 Å². The Balaban J connectivity index is 1.79. The van der Waals surface area contributed by atoms with Crippen LogP contribution < -0.4 is 5.32 Å². The average Bonchev–Trinajstić information content (AvgIpc) is 2.71. The molecule has 1 heterocycles. The monoisotopic (exact) mass is 471 g/mol. The zero-order valence-electron chi connectivity index (χ0n) is 16.0. The molecule has 1 aliphatic rings. The summed E-state index contributed by atoms with van der Waals surface area (Å²) in [6.45, 7) is 1.78. The Labute approximate surface area is 184 Å². The first-order valence-corrected chi connectivity index (χ1v) is 11.3. The first-order chi connectivity index (χ1) is 14.1. The molecule has 0 unspecified atom stereocenters. The number of amides is 1. The molecule has 0 aliphatic carbocycles. The number of piperidine rings is 1. The summed E-state index contributed by atoms with van der Waals surface area (Å²) >= 11 is 12.0. The maximum atomic E-state index is 13.0. The van der Waals surface area contributed by atoms with Gasteiger partial charge < -0.3 is 5.32 Å². The van der Waals surface area contributed by atoms with Crippen LogP contribution in [0.25, 0.3) is 0 Å². The average molecular weight is 472 g/mol. The lowest BCUT2D eigenvalue weighted by Gasteiger charge is -2.31. The molecule has 1 N–H and O–H groups in total. The van der Waals surface area contributed by atoms with Crippen molar-refractivity contribution in [3.05, 3.63) is 62.1 Å². The molecule has 2 aromatic rings. The molecule has 1 amide bonds. The van der Waals surface area contributed by atoms with E-state index in [0.717, 1.165) is 0 Å². The van der Waals surface area contributed by atoms with Crippen LogP contribution in [0, 0.1) is 23.0 Å². The van der Waals surface area contributed by atoms with Crippen LogP contribution in [0.3, 0.4) is 0 Å². The van der Waals surface area contributed by atoms with Gasteiger partial charge in [0.05, 0.1) is 27.1 Å². The van der Waals surface area contributed by atoms with E-state index in [0.29, 0.717) is 24.1 Å². The predicted molar refractivity (Wildman–Crippen MR) is 114 cm³/mol. The number of benzene rings is 2. The van der Waals surface area contributed by atoms with Crippen LogP contribution in [0.15, 0.2) is 41.3 Å². The Morgan fingerprint density at radius 2 is 2.00 bits per heavy atom. The van der Waals surface area contributed by atoms with Crippen LogP contribution in [0.2, 0.25) is 10.0 Å². The van der Waals surface area contributed by atoms with Crippen molar-refractivity contribution in [1.82, 2.24) is 4.31 Å². The lowest BCUT2D eigenvalue weighted by atomic mass is 9.98. The second-order valence-electron chi connectivity index (χ2n) is 6.97. The highest BCUT2D eigenvalue weighted by molar-refractivity contribution is 7.89. The molecule has 30 heavy (non-hydrogen) atoms. The minimum atomic E-state index is -3.93. The minimum Gasteiger partial charge on any atom is -0.325 e. The molecule has 2 aromatic carbocycles. The van der Waals surface area contributed by atoms with Gasteiger partial charge in [-0.2, -0.15) is 4.31 Å². The normalized spacial score (nSPS) is 17.5. The number of nitrogens with zero attached hydrogens (tertiary/aromatic N) is 2. The summed E-state index contributed by atoms with van der Waals surface area (Å²) in [6.07, 6.45) is 0.985. The third kappa shape index (κ3) is 4.59. The van der Waals surface area contributed by atoms with E-state index in [2.05, 4.69) is 5.32 Å². The fourth-order valence-electron chi connectivity index (χ4n) is 3.38. The summed E-state index contributed by atoms with van der Waals surface area (Å²) in [5.74, 6) is -0.999. The summed E-state index contributed by atoms with van der Waals surface area (Å²) < 4.78 is 27.3. The van der Waals surface area contributed by atoms with Gasteiger partial charge in [-0.25, -0.2) is 8.42 Å². The van der Waals surface area contributed by atoms with Gasteiger partial charge in [0.1, 0.15) is 4.90 Å². The number of hydrogen-bond acceptors (Lipinski definition) is 5. The van der Waals surface area contributed by atoms with E-state index in [1.807, 2.05) is 0 Å². The van der Waals surface area contributed by atoms with Crippen LogP contribution in [0.1, 0.15) is 18.4 Å². The van der Waals surface area contributed by atoms with E-state index in [1.54, 1.807) is 13.0 Å². The zero-order chi connectivity index (χ0) is 22.1. The van der Waals surface area contributed by atoms with Gasteiger partial charge in [0.25, 0.3) is 5.69 Å². The van der Waals surface area contributed by atoms with Crippen molar-refractivity contribution in [2.75, 3.05) is 18.4 Å². The highest BCUT2D eigenvalue weighted by atomic mass is 35.5. The van der Waals surface area contributed by atoms with E-state index < -0.39 is 26.8 Å². The number of hydrogen-bond donors (Lipinski definition) is 1. The molecule has 1 fully saturated rings. The number of carbonyl (C=O) groups is 1. The summed E-state index contributed by atoms with van der Waals surface area (Å²) in [6, 6.07) is 8.61. The number of nitro groups is 1. The van der Waals surface area contributed by atoms with Crippen molar-refractivity contribution >= 4 is 50.5 Å². The number of sulfonamides is 1. The van der Waals surface area contributed by atoms with E-state index in [-0.39, 0.29) is 33.7 Å². The van der Waals surface area contributed by atoms with Gasteiger partial charge in [0, 0.05) is 24.2 Å². The molecule has 11 heteroatoms. The Kier molecular flexibility index (Phi) is 6.66. The Hall–Kier alpha value is -2.20. The van der Waals surface area contributed by atoms with Crippen molar-refractivity contribution < 1.29 is 18.1 Å². The quantitative estimate of drug-likeness (QED) is 0.517. The van der Waals surface area contributed by atoms with Gasteiger partial charge in [-0.05, 0) is 44.0 Å². The largest absolute Gasteiger partial charge is 0.325 e. The molecule has 3 rings (SSSR count). The summed E-state index contributed by atoms with van der Waals surface area (Å²) in [7, 11) is -3.93. The maximum Gasteiger partial charge on any atom is 0.274 e. The second kappa shape index (κ2) is 8.89. The molecule has 8 nitrogen and oxygen atoms in total. The van der Waals surface area contributed by atoms with Crippen molar-refractivity contribution in [3.63, 3.8) is 0 Å². The molecule has 1 saturated heterocycles. The fourth-order valence-corrected chi connectivity index (χ4v) is 5.64.